The molecule has 0 heterocycles. The molecule has 0 rings (SSSR count). The van der Waals surface area contributed by atoms with Crippen molar-refractivity contribution in [2.45, 2.75) is 26.9 Å². The zero-order valence-electron chi connectivity index (χ0n) is 6.79. The summed E-state index contributed by atoms with van der Waals surface area (Å²) >= 11 is 0. The van der Waals surface area contributed by atoms with Crippen LogP contribution in [0.3, 0.4) is 0 Å². The van der Waals surface area contributed by atoms with Gasteiger partial charge in [-0.2, -0.15) is 13.2 Å². The molecule has 0 unspecified atom stereocenters. The Kier molecular flexibility index (Phi) is 3.36. The second kappa shape index (κ2) is 3.60. The van der Waals surface area contributed by atoms with E-state index in [1.807, 2.05) is 0 Å². The van der Waals surface area contributed by atoms with E-state index in [9.17, 15) is 13.2 Å². The molecule has 0 fully saturated rings. The number of alkyl halides is 3. The van der Waals surface area contributed by atoms with Crippen molar-refractivity contribution in [3.8, 4) is 0 Å². The Balaban J connectivity index is 4.67. The molecule has 0 radical (unpaired) electrons. The third-order valence-electron chi connectivity index (χ3n) is 1.43. The largest absolute Gasteiger partial charge is 0.412 e. The monoisotopic (exact) mass is 164 g/mol. The summed E-state index contributed by atoms with van der Waals surface area (Å²) in [6.45, 7) is 4.21. The molecule has 0 aromatic heterocycles. The van der Waals surface area contributed by atoms with Crippen LogP contribution in [-0.4, -0.2) is 6.18 Å². The van der Waals surface area contributed by atoms with Crippen LogP contribution in [0.2, 0.25) is 0 Å². The number of hydrogen-bond acceptors (Lipinski definition) is 0. The Morgan fingerprint density at radius 3 is 1.91 bits per heavy atom. The fraction of sp³-hybridized carbons (Fsp3) is 0.500. The first-order chi connectivity index (χ1) is 4.89. The summed E-state index contributed by atoms with van der Waals surface area (Å²) in [7, 11) is 0. The lowest BCUT2D eigenvalue weighted by molar-refractivity contribution is -0.0919. The molecule has 0 aliphatic carbocycles. The van der Waals surface area contributed by atoms with Crippen molar-refractivity contribution in [2.24, 2.45) is 0 Å². The van der Waals surface area contributed by atoms with Crippen molar-refractivity contribution >= 4 is 0 Å². The second-order valence-corrected chi connectivity index (χ2v) is 2.31. The summed E-state index contributed by atoms with van der Waals surface area (Å²) in [5, 5.41) is 0. The number of rotatable bonds is 1. The molecule has 0 bridgehead atoms. The van der Waals surface area contributed by atoms with E-state index in [0.29, 0.717) is 0 Å². The van der Waals surface area contributed by atoms with Gasteiger partial charge < -0.3 is 0 Å². The van der Waals surface area contributed by atoms with Crippen LogP contribution in [0.1, 0.15) is 20.8 Å². The first-order valence-corrected chi connectivity index (χ1v) is 3.27. The van der Waals surface area contributed by atoms with Gasteiger partial charge >= 0.3 is 6.18 Å². The van der Waals surface area contributed by atoms with Gasteiger partial charge in [0, 0.05) is 5.57 Å². The molecule has 0 nitrogen and oxygen atoms in total. The minimum atomic E-state index is -4.19. The fourth-order valence-corrected chi connectivity index (χ4v) is 0.599. The van der Waals surface area contributed by atoms with Gasteiger partial charge in [-0.3, -0.25) is 0 Å². The third-order valence-corrected chi connectivity index (χ3v) is 1.43. The smallest absolute Gasteiger partial charge is 0.166 e. The average Bonchev–Trinajstić information content (AvgIpc) is 1.85. The van der Waals surface area contributed by atoms with E-state index in [0.717, 1.165) is 6.92 Å². The summed E-state index contributed by atoms with van der Waals surface area (Å²) in [5.74, 6) is 0. The van der Waals surface area contributed by atoms with Crippen molar-refractivity contribution in [1.29, 1.82) is 0 Å². The van der Waals surface area contributed by atoms with Gasteiger partial charge in [0.1, 0.15) is 0 Å². The molecule has 11 heavy (non-hydrogen) atoms. The molecule has 3 heteroatoms. The lowest BCUT2D eigenvalue weighted by Gasteiger charge is -2.07. The number of hydrogen-bond donors (Lipinski definition) is 0. The van der Waals surface area contributed by atoms with Crippen LogP contribution in [0.5, 0.6) is 0 Å². The van der Waals surface area contributed by atoms with Crippen molar-refractivity contribution in [3.63, 3.8) is 0 Å². The van der Waals surface area contributed by atoms with Gasteiger partial charge in [0.15, 0.2) is 0 Å². The highest BCUT2D eigenvalue weighted by Gasteiger charge is 2.30. The summed E-state index contributed by atoms with van der Waals surface area (Å²) in [6, 6.07) is 0. The maximum absolute atomic E-state index is 11.9. The predicted octanol–water partition coefficient (Wildman–Crippen LogP) is 3.46. The lowest BCUT2D eigenvalue weighted by Crippen LogP contribution is -2.10. The minimum absolute atomic E-state index is 0.264. The van der Waals surface area contributed by atoms with Gasteiger partial charge in [0.05, 0.1) is 0 Å². The van der Waals surface area contributed by atoms with Crippen molar-refractivity contribution in [1.82, 2.24) is 0 Å². The van der Waals surface area contributed by atoms with Gasteiger partial charge in [-0.05, 0) is 26.3 Å². The maximum atomic E-state index is 11.9. The van der Waals surface area contributed by atoms with Crippen LogP contribution in [0.15, 0.2) is 23.3 Å². The van der Waals surface area contributed by atoms with Gasteiger partial charge in [-0.15, -0.1) is 0 Å². The first-order valence-electron chi connectivity index (χ1n) is 3.27. The van der Waals surface area contributed by atoms with Crippen molar-refractivity contribution < 1.29 is 13.2 Å². The molecule has 0 N–H and O–H groups in total. The summed E-state index contributed by atoms with van der Waals surface area (Å²) in [6.07, 6.45) is -1.16. The lowest BCUT2D eigenvalue weighted by atomic mass is 10.1. The van der Waals surface area contributed by atoms with Crippen LogP contribution in [0.25, 0.3) is 0 Å². The maximum Gasteiger partial charge on any atom is 0.412 e. The van der Waals surface area contributed by atoms with Crippen LogP contribution in [0, 0.1) is 0 Å². The Hall–Kier alpha value is -0.730. The molecule has 0 spiro atoms. The quantitative estimate of drug-likeness (QED) is 0.520. The van der Waals surface area contributed by atoms with Gasteiger partial charge in [0.2, 0.25) is 0 Å². The standard InChI is InChI=1S/C8H11F3/c1-4-5-6(2)7(3)8(9,10)11/h4-5H,1-3H3/b5-4-,7-6+. The SMILES string of the molecule is C/C=C\C(C)=C(/C)C(F)(F)F. The second-order valence-electron chi connectivity index (χ2n) is 2.31. The highest BCUT2D eigenvalue weighted by molar-refractivity contribution is 5.24. The zero-order chi connectivity index (χ0) is 9.07. The molecule has 0 aliphatic heterocycles. The predicted molar refractivity (Wildman–Crippen MR) is 39.2 cm³/mol. The summed E-state index contributed by atoms with van der Waals surface area (Å²) < 4.78 is 35.8. The molecule has 64 valence electrons. The molecule has 0 atom stereocenters. The molecule has 0 amide bonds. The third kappa shape index (κ3) is 3.25. The number of allylic oxidation sites excluding steroid dienone is 4. The van der Waals surface area contributed by atoms with Crippen LogP contribution < -0.4 is 0 Å². The van der Waals surface area contributed by atoms with E-state index in [1.54, 1.807) is 13.0 Å². The Morgan fingerprint density at radius 1 is 1.18 bits per heavy atom. The zero-order valence-corrected chi connectivity index (χ0v) is 6.79. The van der Waals surface area contributed by atoms with Gasteiger partial charge in [-0.1, -0.05) is 12.2 Å². The van der Waals surface area contributed by atoms with Gasteiger partial charge in [-0.25, -0.2) is 0 Å². The van der Waals surface area contributed by atoms with E-state index >= 15 is 0 Å². The molecule has 0 saturated carbocycles. The van der Waals surface area contributed by atoms with E-state index in [2.05, 4.69) is 0 Å². The molecular formula is C8H11F3. The van der Waals surface area contributed by atoms with Crippen LogP contribution >= 0.6 is 0 Å². The molecular weight excluding hydrogens is 153 g/mol. The minimum Gasteiger partial charge on any atom is -0.166 e. The Morgan fingerprint density at radius 2 is 1.64 bits per heavy atom. The van der Waals surface area contributed by atoms with E-state index in [-0.39, 0.29) is 5.57 Å². The topological polar surface area (TPSA) is 0 Å². The molecule has 0 saturated heterocycles. The van der Waals surface area contributed by atoms with Crippen molar-refractivity contribution in [2.75, 3.05) is 0 Å². The highest BCUT2D eigenvalue weighted by Crippen LogP contribution is 2.27. The normalized spacial score (nSPS) is 15.5. The Labute approximate surface area is 64.4 Å². The van der Waals surface area contributed by atoms with Crippen LogP contribution in [0.4, 0.5) is 13.2 Å². The van der Waals surface area contributed by atoms with Crippen LogP contribution in [-0.2, 0) is 0 Å². The molecule has 0 aromatic carbocycles. The fourth-order valence-electron chi connectivity index (χ4n) is 0.599. The van der Waals surface area contributed by atoms with Crippen molar-refractivity contribution in [3.05, 3.63) is 23.3 Å². The summed E-state index contributed by atoms with van der Waals surface area (Å²) in [4.78, 5) is 0. The number of halogens is 3. The first kappa shape index (κ1) is 10.3. The Bertz CT molecular complexity index is 184. The van der Waals surface area contributed by atoms with E-state index in [1.165, 1.54) is 13.0 Å². The molecule has 0 aromatic rings. The van der Waals surface area contributed by atoms with E-state index < -0.39 is 11.7 Å². The average molecular weight is 164 g/mol. The van der Waals surface area contributed by atoms with E-state index in [4.69, 9.17) is 0 Å². The molecule has 0 aliphatic rings. The highest BCUT2D eigenvalue weighted by atomic mass is 19.4. The summed E-state index contributed by atoms with van der Waals surface area (Å²) in [5.41, 5.74) is -0.268. The van der Waals surface area contributed by atoms with Gasteiger partial charge in [0.25, 0.3) is 0 Å².